The third-order valence-corrected chi connectivity index (χ3v) is 2.23. The van der Waals surface area contributed by atoms with E-state index >= 15 is 0 Å². The number of thiocarbonyl (C=S) groups is 1. The lowest BCUT2D eigenvalue weighted by Crippen LogP contribution is -2.21. The predicted octanol–water partition coefficient (Wildman–Crippen LogP) is 1.45. The molecule has 1 heterocycles. The molecule has 0 aromatic heterocycles. The molecule has 72 valence electrons. The third-order valence-electron chi connectivity index (χ3n) is 2.02. The van der Waals surface area contributed by atoms with E-state index in [0.717, 1.165) is 24.8 Å². The van der Waals surface area contributed by atoms with Gasteiger partial charge in [0.05, 0.1) is 0 Å². The van der Waals surface area contributed by atoms with Gasteiger partial charge in [-0.25, -0.2) is 0 Å². The van der Waals surface area contributed by atoms with E-state index in [1.807, 2.05) is 6.92 Å². The SMILES string of the molecule is CCCCC(C)=C1NC(=S)NC1=O. The van der Waals surface area contributed by atoms with Crippen LogP contribution in [0.25, 0.3) is 0 Å². The van der Waals surface area contributed by atoms with Crippen molar-refractivity contribution in [2.75, 3.05) is 0 Å². The molecule has 0 bridgehead atoms. The molecule has 1 aliphatic heterocycles. The second kappa shape index (κ2) is 4.37. The molecule has 0 atom stereocenters. The number of allylic oxidation sites excluding steroid dienone is 1. The van der Waals surface area contributed by atoms with Gasteiger partial charge in [-0.1, -0.05) is 13.3 Å². The summed E-state index contributed by atoms with van der Waals surface area (Å²) in [4.78, 5) is 11.3. The summed E-state index contributed by atoms with van der Waals surface area (Å²) >= 11 is 4.83. The maximum atomic E-state index is 11.3. The minimum absolute atomic E-state index is 0.0985. The molecule has 0 spiro atoms. The zero-order chi connectivity index (χ0) is 9.84. The Balaban J connectivity index is 2.67. The van der Waals surface area contributed by atoms with Gasteiger partial charge in [-0.15, -0.1) is 0 Å². The quantitative estimate of drug-likeness (QED) is 0.533. The van der Waals surface area contributed by atoms with Crippen molar-refractivity contribution < 1.29 is 4.79 Å². The average Bonchev–Trinajstić information content (AvgIpc) is 2.41. The van der Waals surface area contributed by atoms with Gasteiger partial charge >= 0.3 is 0 Å². The summed E-state index contributed by atoms with van der Waals surface area (Å²) in [7, 11) is 0. The van der Waals surface area contributed by atoms with Crippen molar-refractivity contribution in [2.45, 2.75) is 33.1 Å². The Kier molecular flexibility index (Phi) is 3.42. The van der Waals surface area contributed by atoms with E-state index in [2.05, 4.69) is 17.6 Å². The summed E-state index contributed by atoms with van der Waals surface area (Å²) < 4.78 is 0. The first-order chi connectivity index (χ1) is 6.15. The van der Waals surface area contributed by atoms with Crippen LogP contribution in [0, 0.1) is 0 Å². The van der Waals surface area contributed by atoms with Gasteiger partial charge in [0.2, 0.25) is 0 Å². The maximum Gasteiger partial charge on any atom is 0.273 e. The van der Waals surface area contributed by atoms with Crippen molar-refractivity contribution in [3.8, 4) is 0 Å². The van der Waals surface area contributed by atoms with Crippen LogP contribution >= 0.6 is 12.2 Å². The first-order valence-corrected chi connectivity index (χ1v) is 4.88. The Labute approximate surface area is 83.6 Å². The highest BCUT2D eigenvalue weighted by atomic mass is 32.1. The van der Waals surface area contributed by atoms with Crippen LogP contribution in [-0.4, -0.2) is 11.0 Å². The van der Waals surface area contributed by atoms with Crippen LogP contribution in [0.4, 0.5) is 0 Å². The molecule has 1 amide bonds. The first kappa shape index (κ1) is 10.2. The fourth-order valence-electron chi connectivity index (χ4n) is 1.23. The van der Waals surface area contributed by atoms with Gasteiger partial charge in [-0.05, 0) is 37.6 Å². The monoisotopic (exact) mass is 198 g/mol. The number of hydrogen-bond acceptors (Lipinski definition) is 2. The largest absolute Gasteiger partial charge is 0.328 e. The maximum absolute atomic E-state index is 11.3. The number of rotatable bonds is 3. The number of nitrogens with one attached hydrogen (secondary N) is 2. The van der Waals surface area contributed by atoms with E-state index < -0.39 is 0 Å². The molecule has 1 fully saturated rings. The highest BCUT2D eigenvalue weighted by Gasteiger charge is 2.21. The molecule has 0 aromatic carbocycles. The van der Waals surface area contributed by atoms with E-state index in [9.17, 15) is 4.79 Å². The molecule has 13 heavy (non-hydrogen) atoms. The Morgan fingerprint density at radius 1 is 1.46 bits per heavy atom. The highest BCUT2D eigenvalue weighted by Crippen LogP contribution is 2.12. The van der Waals surface area contributed by atoms with Gasteiger partial charge in [-0.2, -0.15) is 0 Å². The molecule has 3 nitrogen and oxygen atoms in total. The summed E-state index contributed by atoms with van der Waals surface area (Å²) in [5.41, 5.74) is 1.72. The summed E-state index contributed by atoms with van der Waals surface area (Å²) in [5, 5.41) is 5.82. The zero-order valence-electron chi connectivity index (χ0n) is 7.94. The van der Waals surface area contributed by atoms with E-state index in [1.165, 1.54) is 0 Å². The average molecular weight is 198 g/mol. The lowest BCUT2D eigenvalue weighted by Gasteiger charge is -2.02. The van der Waals surface area contributed by atoms with Crippen LogP contribution in [0.2, 0.25) is 0 Å². The van der Waals surface area contributed by atoms with Crippen LogP contribution in [-0.2, 0) is 4.79 Å². The Hall–Kier alpha value is -0.900. The fraction of sp³-hybridized carbons (Fsp3) is 0.556. The van der Waals surface area contributed by atoms with Crippen LogP contribution < -0.4 is 10.6 Å². The second-order valence-electron chi connectivity index (χ2n) is 3.17. The molecule has 0 radical (unpaired) electrons. The Morgan fingerprint density at radius 3 is 2.62 bits per heavy atom. The van der Waals surface area contributed by atoms with Crippen molar-refractivity contribution in [3.05, 3.63) is 11.3 Å². The molecule has 2 N–H and O–H groups in total. The molecule has 1 saturated heterocycles. The summed E-state index contributed by atoms with van der Waals surface area (Å²) in [6.07, 6.45) is 3.20. The lowest BCUT2D eigenvalue weighted by atomic mass is 10.1. The van der Waals surface area contributed by atoms with E-state index in [-0.39, 0.29) is 5.91 Å². The standard InChI is InChI=1S/C9H14N2OS/c1-3-4-5-6(2)7-8(12)11-9(13)10-7/h3-5H2,1-2H3,(H2,10,11,12,13). The number of carbonyl (C=O) groups excluding carboxylic acids is 1. The number of carbonyl (C=O) groups is 1. The molecular formula is C9H14N2OS. The van der Waals surface area contributed by atoms with Crippen LogP contribution in [0.5, 0.6) is 0 Å². The normalized spacial score (nSPS) is 19.8. The number of amides is 1. The molecular weight excluding hydrogens is 184 g/mol. The van der Waals surface area contributed by atoms with Crippen LogP contribution in [0.15, 0.2) is 11.3 Å². The van der Waals surface area contributed by atoms with Crippen molar-refractivity contribution in [2.24, 2.45) is 0 Å². The molecule has 0 unspecified atom stereocenters. The van der Waals surface area contributed by atoms with E-state index in [4.69, 9.17) is 12.2 Å². The van der Waals surface area contributed by atoms with Crippen molar-refractivity contribution in [1.29, 1.82) is 0 Å². The van der Waals surface area contributed by atoms with E-state index in [1.54, 1.807) is 0 Å². The molecule has 0 saturated carbocycles. The van der Waals surface area contributed by atoms with Gasteiger partial charge in [0.25, 0.3) is 5.91 Å². The minimum atomic E-state index is -0.0985. The van der Waals surface area contributed by atoms with Crippen LogP contribution in [0.1, 0.15) is 33.1 Å². The third kappa shape index (κ3) is 2.52. The van der Waals surface area contributed by atoms with Crippen molar-refractivity contribution >= 4 is 23.2 Å². The fourth-order valence-corrected chi connectivity index (χ4v) is 1.43. The highest BCUT2D eigenvalue weighted by molar-refractivity contribution is 7.80. The predicted molar refractivity (Wildman–Crippen MR) is 56.1 cm³/mol. The summed E-state index contributed by atoms with van der Waals surface area (Å²) in [6.45, 7) is 4.09. The number of unbranched alkanes of at least 4 members (excludes halogenated alkanes) is 1. The molecule has 1 rings (SSSR count). The number of hydrogen-bond donors (Lipinski definition) is 2. The topological polar surface area (TPSA) is 41.1 Å². The van der Waals surface area contributed by atoms with Gasteiger partial charge < -0.3 is 5.32 Å². The van der Waals surface area contributed by atoms with E-state index in [0.29, 0.717) is 10.8 Å². The molecule has 1 aliphatic rings. The van der Waals surface area contributed by atoms with Gasteiger partial charge in [0, 0.05) is 0 Å². The van der Waals surface area contributed by atoms with Crippen LogP contribution in [0.3, 0.4) is 0 Å². The lowest BCUT2D eigenvalue weighted by molar-refractivity contribution is -0.115. The van der Waals surface area contributed by atoms with Gasteiger partial charge in [-0.3, -0.25) is 10.1 Å². The first-order valence-electron chi connectivity index (χ1n) is 4.47. The summed E-state index contributed by atoms with van der Waals surface area (Å²) in [6, 6.07) is 0. The van der Waals surface area contributed by atoms with Gasteiger partial charge in [0.1, 0.15) is 5.70 Å². The summed E-state index contributed by atoms with van der Waals surface area (Å²) in [5.74, 6) is -0.0985. The van der Waals surface area contributed by atoms with Crippen molar-refractivity contribution in [1.82, 2.24) is 10.6 Å². The Morgan fingerprint density at radius 2 is 2.15 bits per heavy atom. The van der Waals surface area contributed by atoms with Gasteiger partial charge in [0.15, 0.2) is 5.11 Å². The Bertz CT molecular complexity index is 271. The molecule has 0 aliphatic carbocycles. The van der Waals surface area contributed by atoms with Crippen molar-refractivity contribution in [3.63, 3.8) is 0 Å². The smallest absolute Gasteiger partial charge is 0.273 e. The molecule has 4 heteroatoms. The zero-order valence-corrected chi connectivity index (χ0v) is 8.75. The minimum Gasteiger partial charge on any atom is -0.328 e. The molecule has 0 aromatic rings. The second-order valence-corrected chi connectivity index (χ2v) is 3.58.